The van der Waals surface area contributed by atoms with E-state index in [2.05, 4.69) is 14.5 Å². The Labute approximate surface area is 139 Å². The zero-order valence-corrected chi connectivity index (χ0v) is 14.4. The smallest absolute Gasteiger partial charge is 0.469 e. The van der Waals surface area contributed by atoms with E-state index in [1.807, 2.05) is 6.92 Å². The van der Waals surface area contributed by atoms with E-state index in [-0.39, 0.29) is 16.9 Å². The minimum atomic E-state index is -4.68. The fourth-order valence-corrected chi connectivity index (χ4v) is 2.26. The summed E-state index contributed by atoms with van der Waals surface area (Å²) in [6.07, 6.45) is 4.57. The van der Waals surface area contributed by atoms with Gasteiger partial charge in [-0.1, -0.05) is 13.3 Å². The van der Waals surface area contributed by atoms with E-state index in [1.54, 1.807) is 6.92 Å². The standard InChI is InChI=1S/C14H21N2O7P/c1-3-4-5-12(14(18)19)16-7-11-10(8-23-24(20,21)22)6-15-9(2)13(11)17/h6-7,12,17H,3-5,8H2,1-2H3,(H,18,19)(H2,20,21,22)/p+1/t12-/m0/s1. The summed E-state index contributed by atoms with van der Waals surface area (Å²) in [4.78, 5) is 35.4. The number of pyridine rings is 1. The molecule has 9 nitrogen and oxygen atoms in total. The van der Waals surface area contributed by atoms with Gasteiger partial charge in [0.15, 0.2) is 6.21 Å². The van der Waals surface area contributed by atoms with Crippen molar-refractivity contribution in [2.45, 2.75) is 45.8 Å². The first-order chi connectivity index (χ1) is 11.2. The second-order valence-corrected chi connectivity index (χ2v) is 6.48. The van der Waals surface area contributed by atoms with Crippen LogP contribution in [0, 0.1) is 6.92 Å². The number of aromatic hydroxyl groups is 1. The Morgan fingerprint density at radius 3 is 2.71 bits per heavy atom. The Morgan fingerprint density at radius 2 is 2.17 bits per heavy atom. The van der Waals surface area contributed by atoms with Crippen LogP contribution in [-0.4, -0.2) is 43.2 Å². The van der Waals surface area contributed by atoms with Gasteiger partial charge >= 0.3 is 13.8 Å². The Morgan fingerprint density at radius 1 is 1.50 bits per heavy atom. The van der Waals surface area contributed by atoms with Gasteiger partial charge in [0.2, 0.25) is 6.04 Å². The van der Waals surface area contributed by atoms with Gasteiger partial charge in [0.05, 0.1) is 17.9 Å². The molecule has 0 bridgehead atoms. The molecule has 1 aromatic rings. The number of carboxylic acids is 1. The molecule has 0 aliphatic heterocycles. The van der Waals surface area contributed by atoms with Gasteiger partial charge in [-0.15, -0.1) is 0 Å². The molecule has 5 N–H and O–H groups in total. The van der Waals surface area contributed by atoms with Crippen molar-refractivity contribution in [3.05, 3.63) is 23.0 Å². The van der Waals surface area contributed by atoms with Gasteiger partial charge in [-0.2, -0.15) is 0 Å². The number of nitrogens with one attached hydrogen (secondary N) is 1. The number of rotatable bonds is 9. The van der Waals surface area contributed by atoms with Crippen molar-refractivity contribution in [2.75, 3.05) is 0 Å². The number of aryl methyl sites for hydroxylation is 1. The van der Waals surface area contributed by atoms with Crippen LogP contribution < -0.4 is 4.99 Å². The van der Waals surface area contributed by atoms with Gasteiger partial charge < -0.3 is 20.0 Å². The van der Waals surface area contributed by atoms with Gasteiger partial charge in [0.25, 0.3) is 0 Å². The summed E-state index contributed by atoms with van der Waals surface area (Å²) >= 11 is 0. The maximum atomic E-state index is 11.2. The third kappa shape index (κ3) is 6.37. The number of aromatic nitrogens is 1. The van der Waals surface area contributed by atoms with Crippen molar-refractivity contribution in [1.82, 2.24) is 4.98 Å². The average Bonchev–Trinajstić information content (AvgIpc) is 2.48. The molecule has 1 atom stereocenters. The molecular weight excluding hydrogens is 339 g/mol. The van der Waals surface area contributed by atoms with Crippen LogP contribution in [0.5, 0.6) is 5.75 Å². The monoisotopic (exact) mass is 361 g/mol. The van der Waals surface area contributed by atoms with Crippen LogP contribution in [0.25, 0.3) is 0 Å². The van der Waals surface area contributed by atoms with Crippen molar-refractivity contribution in [3.63, 3.8) is 0 Å². The highest BCUT2D eigenvalue weighted by atomic mass is 31.2. The van der Waals surface area contributed by atoms with Crippen LogP contribution in [0.15, 0.2) is 6.20 Å². The molecule has 0 unspecified atom stereocenters. The molecule has 0 saturated heterocycles. The Hall–Kier alpha value is -1.80. The molecule has 0 saturated carbocycles. The summed E-state index contributed by atoms with van der Waals surface area (Å²) in [5.41, 5.74) is 0.690. The molecule has 0 aliphatic carbocycles. The zero-order chi connectivity index (χ0) is 18.3. The fraction of sp³-hybridized carbons (Fsp3) is 0.500. The van der Waals surface area contributed by atoms with Crippen molar-refractivity contribution < 1.29 is 38.9 Å². The number of phosphoric ester groups is 1. The predicted molar refractivity (Wildman–Crippen MR) is 84.5 cm³/mol. The van der Waals surface area contributed by atoms with Gasteiger partial charge in [0.1, 0.15) is 5.75 Å². The third-order valence-corrected chi connectivity index (χ3v) is 3.78. The Kier molecular flexibility index (Phi) is 7.50. The molecule has 0 amide bonds. The van der Waals surface area contributed by atoms with Crippen LogP contribution in [0.4, 0.5) is 0 Å². The number of hydrogen-bond donors (Lipinski definition) is 5. The van der Waals surface area contributed by atoms with E-state index >= 15 is 0 Å². The summed E-state index contributed by atoms with van der Waals surface area (Å²) in [5.74, 6) is -1.24. The van der Waals surface area contributed by atoms with Crippen molar-refractivity contribution in [2.24, 2.45) is 0 Å². The summed E-state index contributed by atoms with van der Waals surface area (Å²) in [6, 6.07) is -0.839. The van der Waals surface area contributed by atoms with Crippen LogP contribution in [0.2, 0.25) is 0 Å². The lowest BCUT2D eigenvalue weighted by Gasteiger charge is -2.09. The quantitative estimate of drug-likeness (QED) is 0.301. The lowest BCUT2D eigenvalue weighted by Crippen LogP contribution is -2.79. The van der Waals surface area contributed by atoms with Crippen LogP contribution in [0.3, 0.4) is 0 Å². The van der Waals surface area contributed by atoms with Crippen molar-refractivity contribution in [1.29, 1.82) is 0 Å². The first kappa shape index (κ1) is 20.2. The maximum absolute atomic E-state index is 11.2. The second kappa shape index (κ2) is 8.89. The number of unbranched alkanes of at least 4 members (excludes halogenated alkanes) is 1. The molecule has 134 valence electrons. The predicted octanol–water partition coefficient (Wildman–Crippen LogP) is -0.152. The van der Waals surface area contributed by atoms with E-state index in [4.69, 9.17) is 9.79 Å². The highest BCUT2D eigenvalue weighted by Gasteiger charge is 2.22. The minimum Gasteiger partial charge on any atom is -0.505 e. The molecule has 1 rings (SSSR count). The first-order valence-corrected chi connectivity index (χ1v) is 8.88. The number of carboxylic acid groups (broad SMARTS) is 1. The molecule has 1 heterocycles. The third-order valence-electron chi connectivity index (χ3n) is 3.32. The van der Waals surface area contributed by atoms with E-state index in [9.17, 15) is 19.6 Å². The average molecular weight is 361 g/mol. The topological polar surface area (TPSA) is 151 Å². The highest BCUT2D eigenvalue weighted by Crippen LogP contribution is 2.37. The van der Waals surface area contributed by atoms with Gasteiger partial charge in [0, 0.05) is 18.2 Å². The van der Waals surface area contributed by atoms with Crippen LogP contribution in [0.1, 0.15) is 43.0 Å². The second-order valence-electron chi connectivity index (χ2n) is 5.24. The van der Waals surface area contributed by atoms with Gasteiger partial charge in [-0.25, -0.2) is 14.4 Å². The number of phosphoric acid groups is 1. The summed E-state index contributed by atoms with van der Waals surface area (Å²) in [7, 11) is -4.68. The lowest BCUT2D eigenvalue weighted by atomic mass is 10.1. The van der Waals surface area contributed by atoms with Crippen molar-refractivity contribution in [3.8, 4) is 5.75 Å². The summed E-state index contributed by atoms with van der Waals surface area (Å²) < 4.78 is 15.2. The number of carbonyl (C=O) groups is 1. The van der Waals surface area contributed by atoms with E-state index in [0.717, 1.165) is 6.42 Å². The van der Waals surface area contributed by atoms with Gasteiger partial charge in [-0.05, 0) is 13.3 Å². The SMILES string of the molecule is CCCC[C@H]([NH+]=Cc1c(COP(=O)(O)O)cnc(C)c1O)C(=O)O. The fourth-order valence-electron chi connectivity index (χ4n) is 1.95. The highest BCUT2D eigenvalue weighted by molar-refractivity contribution is 7.46. The summed E-state index contributed by atoms with van der Waals surface area (Å²) in [5, 5.41) is 19.3. The van der Waals surface area contributed by atoms with E-state index in [0.29, 0.717) is 18.5 Å². The largest absolute Gasteiger partial charge is 0.505 e. The molecule has 0 aliphatic rings. The van der Waals surface area contributed by atoms with Gasteiger partial charge in [-0.3, -0.25) is 9.51 Å². The molecule has 0 aromatic carbocycles. The number of nitrogens with zero attached hydrogens (tertiary/aromatic N) is 1. The molecule has 24 heavy (non-hydrogen) atoms. The summed E-state index contributed by atoms with van der Waals surface area (Å²) in [6.45, 7) is 3.01. The molecule has 10 heteroatoms. The maximum Gasteiger partial charge on any atom is 0.469 e. The van der Waals surface area contributed by atoms with E-state index < -0.39 is 26.4 Å². The molecule has 0 spiro atoms. The van der Waals surface area contributed by atoms with Crippen LogP contribution in [-0.2, 0) is 20.5 Å². The minimum absolute atomic E-state index is 0.179. The first-order valence-electron chi connectivity index (χ1n) is 7.35. The van der Waals surface area contributed by atoms with E-state index in [1.165, 1.54) is 12.4 Å². The molecule has 0 radical (unpaired) electrons. The molecule has 1 aromatic heterocycles. The Bertz CT molecular complexity index is 657. The molecular formula is C14H22N2O7P+. The lowest BCUT2D eigenvalue weighted by molar-refractivity contribution is -0.486. The molecule has 0 fully saturated rings. The normalized spacial score (nSPS) is 13.3. The van der Waals surface area contributed by atoms with Crippen molar-refractivity contribution >= 4 is 20.0 Å². The Balaban J connectivity index is 3.10. The zero-order valence-electron chi connectivity index (χ0n) is 13.5. The number of hydrogen-bond acceptors (Lipinski definition) is 5. The number of aliphatic carboxylic acids is 1. The van der Waals surface area contributed by atoms with Crippen LogP contribution >= 0.6 is 7.82 Å².